The first-order chi connectivity index (χ1) is 7.52. The molecule has 2 N–H and O–H groups in total. The van der Waals surface area contributed by atoms with E-state index in [1.807, 2.05) is 0 Å². The summed E-state index contributed by atoms with van der Waals surface area (Å²) in [4.78, 5) is 5.18. The van der Waals surface area contributed by atoms with Crippen LogP contribution in [-0.4, -0.2) is 55.6 Å². The zero-order valence-corrected chi connectivity index (χ0v) is 11.1. The molecule has 16 heavy (non-hydrogen) atoms. The maximum Gasteiger partial charge on any atom is 0.0146 e. The van der Waals surface area contributed by atoms with Gasteiger partial charge in [-0.2, -0.15) is 0 Å². The Hall–Kier alpha value is -0.120. The molecule has 94 valence electrons. The summed E-state index contributed by atoms with van der Waals surface area (Å²) in [5, 5.41) is 0. The highest BCUT2D eigenvalue weighted by Crippen LogP contribution is 2.31. The molecule has 2 saturated heterocycles. The number of nitrogens with two attached hydrogens (primary N) is 1. The van der Waals surface area contributed by atoms with Crippen LogP contribution in [0.3, 0.4) is 0 Å². The van der Waals surface area contributed by atoms with Gasteiger partial charge in [0.1, 0.15) is 0 Å². The van der Waals surface area contributed by atoms with Gasteiger partial charge in [0.05, 0.1) is 0 Å². The third-order valence-corrected chi connectivity index (χ3v) is 4.39. The third kappa shape index (κ3) is 2.58. The highest BCUT2D eigenvalue weighted by Gasteiger charge is 2.37. The van der Waals surface area contributed by atoms with Crippen molar-refractivity contribution in [1.29, 1.82) is 0 Å². The molecule has 0 aromatic heterocycles. The molecule has 0 spiro atoms. The lowest BCUT2D eigenvalue weighted by Gasteiger charge is -2.40. The fourth-order valence-electron chi connectivity index (χ4n) is 3.37. The van der Waals surface area contributed by atoms with Crippen molar-refractivity contribution in [1.82, 2.24) is 9.80 Å². The second kappa shape index (κ2) is 4.63. The standard InChI is InChI=1S/C13H27N3/c1-13(2,9-14)10-15(3)12-5-7-16-6-4-11(12)8-16/h11-12H,4-10,14H2,1-3H3. The molecule has 0 aliphatic carbocycles. The average Bonchev–Trinajstić information content (AvgIpc) is 2.60. The highest BCUT2D eigenvalue weighted by atomic mass is 15.2. The van der Waals surface area contributed by atoms with E-state index >= 15 is 0 Å². The topological polar surface area (TPSA) is 32.5 Å². The first-order valence-electron chi connectivity index (χ1n) is 6.64. The summed E-state index contributed by atoms with van der Waals surface area (Å²) in [5.74, 6) is 0.910. The van der Waals surface area contributed by atoms with E-state index in [2.05, 4.69) is 30.7 Å². The van der Waals surface area contributed by atoms with Gasteiger partial charge < -0.3 is 15.5 Å². The summed E-state index contributed by atoms with van der Waals surface area (Å²) in [6.07, 6.45) is 2.75. The number of fused-ring (bicyclic) bond motifs is 2. The lowest BCUT2D eigenvalue weighted by Crippen LogP contribution is -2.48. The van der Waals surface area contributed by atoms with Gasteiger partial charge in [-0.3, -0.25) is 0 Å². The maximum atomic E-state index is 5.82. The summed E-state index contributed by atoms with van der Waals surface area (Å²) in [7, 11) is 2.29. The van der Waals surface area contributed by atoms with Gasteiger partial charge in [-0.15, -0.1) is 0 Å². The first-order valence-corrected chi connectivity index (χ1v) is 6.64. The minimum absolute atomic E-state index is 0.254. The normalized spacial score (nSPS) is 34.7. The molecule has 2 aliphatic rings. The maximum absolute atomic E-state index is 5.82. The Morgan fingerprint density at radius 3 is 2.69 bits per heavy atom. The summed E-state index contributed by atoms with van der Waals surface area (Å²) in [5.41, 5.74) is 6.08. The Morgan fingerprint density at radius 2 is 2.00 bits per heavy atom. The molecule has 0 saturated carbocycles. The van der Waals surface area contributed by atoms with Crippen LogP contribution < -0.4 is 5.73 Å². The number of rotatable bonds is 4. The second-order valence-corrected chi connectivity index (χ2v) is 6.49. The van der Waals surface area contributed by atoms with Crippen LogP contribution in [0.2, 0.25) is 0 Å². The van der Waals surface area contributed by atoms with Crippen LogP contribution in [-0.2, 0) is 0 Å². The van der Waals surface area contributed by atoms with Crippen molar-refractivity contribution < 1.29 is 0 Å². The molecule has 0 aromatic carbocycles. The summed E-state index contributed by atoms with van der Waals surface area (Å²) in [6, 6.07) is 0.796. The van der Waals surface area contributed by atoms with Crippen molar-refractivity contribution in [3.63, 3.8) is 0 Å². The number of hydrogen-bond donors (Lipinski definition) is 1. The van der Waals surface area contributed by atoms with Gasteiger partial charge in [0.2, 0.25) is 0 Å². The Morgan fingerprint density at radius 1 is 1.31 bits per heavy atom. The molecule has 3 atom stereocenters. The van der Waals surface area contributed by atoms with Crippen LogP contribution in [0.1, 0.15) is 26.7 Å². The van der Waals surface area contributed by atoms with E-state index in [1.54, 1.807) is 0 Å². The Labute approximate surface area is 100.0 Å². The number of nitrogens with zero attached hydrogens (tertiary/aromatic N) is 2. The Bertz CT molecular complexity index is 239. The van der Waals surface area contributed by atoms with E-state index < -0.39 is 0 Å². The van der Waals surface area contributed by atoms with Crippen molar-refractivity contribution in [3.05, 3.63) is 0 Å². The first kappa shape index (κ1) is 12.3. The van der Waals surface area contributed by atoms with Crippen LogP contribution in [0.5, 0.6) is 0 Å². The quantitative estimate of drug-likeness (QED) is 0.775. The van der Waals surface area contributed by atoms with Gasteiger partial charge in [-0.25, -0.2) is 0 Å². The highest BCUT2D eigenvalue weighted by molar-refractivity contribution is 4.92. The predicted molar refractivity (Wildman–Crippen MR) is 68.4 cm³/mol. The molecule has 0 amide bonds. The van der Waals surface area contributed by atoms with Crippen molar-refractivity contribution >= 4 is 0 Å². The fraction of sp³-hybridized carbons (Fsp3) is 1.00. The summed E-state index contributed by atoms with van der Waals surface area (Å²) < 4.78 is 0. The van der Waals surface area contributed by atoms with Crippen molar-refractivity contribution in [3.8, 4) is 0 Å². The van der Waals surface area contributed by atoms with Crippen LogP contribution in [0.15, 0.2) is 0 Å². The smallest absolute Gasteiger partial charge is 0.0146 e. The largest absolute Gasteiger partial charge is 0.330 e. The molecule has 2 fully saturated rings. The molecule has 3 unspecified atom stereocenters. The van der Waals surface area contributed by atoms with Crippen LogP contribution >= 0.6 is 0 Å². The zero-order valence-electron chi connectivity index (χ0n) is 11.1. The SMILES string of the molecule is CN(CC(C)(C)CN)C1CCN2CCC1C2. The van der Waals surface area contributed by atoms with E-state index in [0.29, 0.717) is 0 Å². The molecule has 2 aliphatic heterocycles. The molecule has 0 radical (unpaired) electrons. The molecule has 2 rings (SSSR count). The van der Waals surface area contributed by atoms with E-state index in [1.165, 1.54) is 32.5 Å². The molecular weight excluding hydrogens is 198 g/mol. The van der Waals surface area contributed by atoms with Crippen LogP contribution in [0.4, 0.5) is 0 Å². The van der Waals surface area contributed by atoms with Crippen LogP contribution in [0.25, 0.3) is 0 Å². The lowest BCUT2D eigenvalue weighted by molar-refractivity contribution is 0.0906. The monoisotopic (exact) mass is 225 g/mol. The van der Waals surface area contributed by atoms with Crippen molar-refractivity contribution in [2.24, 2.45) is 17.1 Å². The van der Waals surface area contributed by atoms with E-state index in [9.17, 15) is 0 Å². The summed E-state index contributed by atoms with van der Waals surface area (Å²) >= 11 is 0. The molecule has 3 heteroatoms. The Kier molecular flexibility index (Phi) is 3.57. The van der Waals surface area contributed by atoms with Crippen LogP contribution in [0, 0.1) is 11.3 Å². The minimum Gasteiger partial charge on any atom is -0.330 e. The van der Waals surface area contributed by atoms with E-state index in [0.717, 1.165) is 25.0 Å². The Balaban J connectivity index is 1.91. The van der Waals surface area contributed by atoms with E-state index in [-0.39, 0.29) is 5.41 Å². The molecule has 0 aromatic rings. The number of hydrogen-bond acceptors (Lipinski definition) is 3. The average molecular weight is 225 g/mol. The lowest BCUT2D eigenvalue weighted by atomic mass is 9.88. The van der Waals surface area contributed by atoms with Crippen molar-refractivity contribution in [2.75, 3.05) is 39.8 Å². The third-order valence-electron chi connectivity index (χ3n) is 4.39. The van der Waals surface area contributed by atoms with Gasteiger partial charge in [-0.05, 0) is 50.9 Å². The van der Waals surface area contributed by atoms with Gasteiger partial charge in [0.15, 0.2) is 0 Å². The van der Waals surface area contributed by atoms with Gasteiger partial charge >= 0.3 is 0 Å². The predicted octanol–water partition coefficient (Wildman–Crippen LogP) is 0.997. The summed E-state index contributed by atoms with van der Waals surface area (Å²) in [6.45, 7) is 10.4. The van der Waals surface area contributed by atoms with Gasteiger partial charge in [0, 0.05) is 19.1 Å². The molecule has 2 heterocycles. The fourth-order valence-corrected chi connectivity index (χ4v) is 3.37. The zero-order chi connectivity index (χ0) is 11.8. The van der Waals surface area contributed by atoms with Gasteiger partial charge in [0.25, 0.3) is 0 Å². The number of piperidine rings is 1. The molecular formula is C13H27N3. The second-order valence-electron chi connectivity index (χ2n) is 6.49. The van der Waals surface area contributed by atoms with E-state index in [4.69, 9.17) is 5.73 Å². The van der Waals surface area contributed by atoms with Crippen molar-refractivity contribution in [2.45, 2.75) is 32.7 Å². The van der Waals surface area contributed by atoms with Gasteiger partial charge in [-0.1, -0.05) is 13.8 Å². The minimum atomic E-state index is 0.254. The molecule has 2 bridgehead atoms. The molecule has 3 nitrogen and oxygen atoms in total.